The van der Waals surface area contributed by atoms with Crippen LogP contribution in [0.25, 0.3) is 0 Å². The SMILES string of the molecule is CCNC1CCCC1CCSc1nc(C)cs1. The average molecular weight is 270 g/mol. The lowest BCUT2D eigenvalue weighted by Crippen LogP contribution is -2.32. The van der Waals surface area contributed by atoms with Crippen molar-refractivity contribution in [3.05, 3.63) is 11.1 Å². The predicted molar refractivity (Wildman–Crippen MR) is 77.0 cm³/mol. The van der Waals surface area contributed by atoms with Crippen molar-refractivity contribution in [1.29, 1.82) is 0 Å². The number of aromatic nitrogens is 1. The van der Waals surface area contributed by atoms with Gasteiger partial charge in [-0.05, 0) is 38.6 Å². The van der Waals surface area contributed by atoms with Crippen LogP contribution in [-0.2, 0) is 0 Å². The molecule has 0 aliphatic heterocycles. The first-order valence-electron chi connectivity index (χ1n) is 6.58. The van der Waals surface area contributed by atoms with E-state index in [4.69, 9.17) is 0 Å². The van der Waals surface area contributed by atoms with Gasteiger partial charge in [0, 0.05) is 22.9 Å². The van der Waals surface area contributed by atoms with Crippen molar-refractivity contribution in [2.45, 2.75) is 49.9 Å². The topological polar surface area (TPSA) is 24.9 Å². The van der Waals surface area contributed by atoms with Gasteiger partial charge in [-0.2, -0.15) is 0 Å². The Labute approximate surface area is 113 Å². The van der Waals surface area contributed by atoms with Gasteiger partial charge in [-0.15, -0.1) is 11.3 Å². The predicted octanol–water partition coefficient (Wildman–Crippen LogP) is 3.71. The molecule has 17 heavy (non-hydrogen) atoms. The Hall–Kier alpha value is -0.0600. The minimum absolute atomic E-state index is 0.777. The van der Waals surface area contributed by atoms with E-state index in [1.165, 1.54) is 35.8 Å². The highest BCUT2D eigenvalue weighted by Gasteiger charge is 2.25. The molecule has 0 spiro atoms. The monoisotopic (exact) mass is 270 g/mol. The van der Waals surface area contributed by atoms with Gasteiger partial charge in [0.25, 0.3) is 0 Å². The number of nitrogens with zero attached hydrogens (tertiary/aromatic N) is 1. The Morgan fingerprint density at radius 2 is 2.41 bits per heavy atom. The highest BCUT2D eigenvalue weighted by Crippen LogP contribution is 2.31. The van der Waals surface area contributed by atoms with E-state index >= 15 is 0 Å². The van der Waals surface area contributed by atoms with Gasteiger partial charge in [0.2, 0.25) is 0 Å². The summed E-state index contributed by atoms with van der Waals surface area (Å²) in [7, 11) is 0. The van der Waals surface area contributed by atoms with Crippen LogP contribution in [0.2, 0.25) is 0 Å². The molecule has 96 valence electrons. The van der Waals surface area contributed by atoms with Crippen LogP contribution in [-0.4, -0.2) is 23.3 Å². The number of rotatable bonds is 6. The minimum Gasteiger partial charge on any atom is -0.314 e. The third kappa shape index (κ3) is 3.97. The highest BCUT2D eigenvalue weighted by atomic mass is 32.2. The first-order chi connectivity index (χ1) is 8.29. The summed E-state index contributed by atoms with van der Waals surface area (Å²) < 4.78 is 1.24. The van der Waals surface area contributed by atoms with Gasteiger partial charge in [-0.3, -0.25) is 0 Å². The quantitative estimate of drug-likeness (QED) is 0.798. The van der Waals surface area contributed by atoms with Crippen LogP contribution < -0.4 is 5.32 Å². The van der Waals surface area contributed by atoms with Crippen molar-refractivity contribution in [3.8, 4) is 0 Å². The fourth-order valence-corrected chi connectivity index (χ4v) is 4.60. The number of hydrogen-bond acceptors (Lipinski definition) is 4. The number of aryl methyl sites for hydroxylation is 1. The summed E-state index contributed by atoms with van der Waals surface area (Å²) in [6, 6.07) is 0.777. The van der Waals surface area contributed by atoms with Crippen molar-refractivity contribution >= 4 is 23.1 Å². The zero-order valence-corrected chi connectivity index (χ0v) is 12.4. The molecule has 1 aliphatic carbocycles. The number of thiazole rings is 1. The maximum atomic E-state index is 4.50. The van der Waals surface area contributed by atoms with E-state index in [9.17, 15) is 0 Å². The van der Waals surface area contributed by atoms with Crippen LogP contribution in [0.3, 0.4) is 0 Å². The molecule has 2 nitrogen and oxygen atoms in total. The molecule has 1 aromatic rings. The number of hydrogen-bond donors (Lipinski definition) is 1. The molecule has 0 radical (unpaired) electrons. The van der Waals surface area contributed by atoms with E-state index in [1.807, 2.05) is 11.8 Å². The summed E-state index contributed by atoms with van der Waals surface area (Å²) in [5, 5.41) is 5.76. The zero-order chi connectivity index (χ0) is 12.1. The summed E-state index contributed by atoms with van der Waals surface area (Å²) in [6.07, 6.45) is 5.53. The average Bonchev–Trinajstić information content (AvgIpc) is 2.90. The molecule has 1 N–H and O–H groups in total. The molecule has 0 bridgehead atoms. The second-order valence-electron chi connectivity index (χ2n) is 4.75. The molecular formula is C13H22N2S2. The molecule has 0 aromatic carbocycles. The first-order valence-corrected chi connectivity index (χ1v) is 8.44. The summed E-state index contributed by atoms with van der Waals surface area (Å²) in [5.41, 5.74) is 1.16. The molecule has 1 fully saturated rings. The lowest BCUT2D eigenvalue weighted by Gasteiger charge is -2.19. The first kappa shape index (κ1) is 13.4. The zero-order valence-electron chi connectivity index (χ0n) is 10.7. The maximum absolute atomic E-state index is 4.50. The number of nitrogens with one attached hydrogen (secondary N) is 1. The van der Waals surface area contributed by atoms with E-state index in [-0.39, 0.29) is 0 Å². The highest BCUT2D eigenvalue weighted by molar-refractivity contribution is 8.00. The Kier molecular flexibility index (Phi) is 5.32. The Bertz CT molecular complexity index is 338. The molecule has 1 saturated carbocycles. The van der Waals surface area contributed by atoms with Crippen molar-refractivity contribution in [2.75, 3.05) is 12.3 Å². The lowest BCUT2D eigenvalue weighted by atomic mass is 10.0. The number of thioether (sulfide) groups is 1. The molecule has 0 amide bonds. The normalized spacial score (nSPS) is 24.4. The van der Waals surface area contributed by atoms with Gasteiger partial charge in [0.05, 0.1) is 0 Å². The molecule has 2 rings (SSSR count). The van der Waals surface area contributed by atoms with Gasteiger partial charge in [0.15, 0.2) is 0 Å². The van der Waals surface area contributed by atoms with Crippen molar-refractivity contribution in [2.24, 2.45) is 5.92 Å². The van der Waals surface area contributed by atoms with E-state index in [0.717, 1.165) is 24.2 Å². The smallest absolute Gasteiger partial charge is 0.150 e. The Morgan fingerprint density at radius 1 is 1.53 bits per heavy atom. The van der Waals surface area contributed by atoms with E-state index in [1.54, 1.807) is 11.3 Å². The van der Waals surface area contributed by atoms with Gasteiger partial charge in [-0.25, -0.2) is 4.98 Å². The summed E-state index contributed by atoms with van der Waals surface area (Å²) in [6.45, 7) is 5.39. The van der Waals surface area contributed by atoms with Crippen molar-refractivity contribution in [3.63, 3.8) is 0 Å². The molecule has 4 heteroatoms. The standard InChI is InChI=1S/C13H22N2S2/c1-3-14-12-6-4-5-11(12)7-8-16-13-15-10(2)9-17-13/h9,11-12,14H,3-8H2,1-2H3. The Balaban J connectivity index is 1.70. The van der Waals surface area contributed by atoms with Crippen LogP contribution in [0.5, 0.6) is 0 Å². The maximum Gasteiger partial charge on any atom is 0.150 e. The minimum atomic E-state index is 0.777. The second kappa shape index (κ2) is 6.76. The summed E-state index contributed by atoms with van der Waals surface area (Å²) in [5.74, 6) is 2.11. The van der Waals surface area contributed by atoms with Crippen molar-refractivity contribution < 1.29 is 0 Å². The molecule has 2 unspecified atom stereocenters. The molecular weight excluding hydrogens is 248 g/mol. The third-order valence-corrected chi connectivity index (χ3v) is 5.61. The van der Waals surface area contributed by atoms with E-state index in [2.05, 4.69) is 29.5 Å². The Morgan fingerprint density at radius 3 is 3.12 bits per heavy atom. The fourth-order valence-electron chi connectivity index (χ4n) is 2.61. The van der Waals surface area contributed by atoms with Crippen LogP contribution in [0.4, 0.5) is 0 Å². The van der Waals surface area contributed by atoms with E-state index < -0.39 is 0 Å². The van der Waals surface area contributed by atoms with Crippen LogP contribution in [0.1, 0.15) is 38.3 Å². The second-order valence-corrected chi connectivity index (χ2v) is 6.95. The summed E-state index contributed by atoms with van der Waals surface area (Å²) >= 11 is 3.71. The third-order valence-electron chi connectivity index (χ3n) is 3.44. The van der Waals surface area contributed by atoms with Crippen molar-refractivity contribution in [1.82, 2.24) is 10.3 Å². The van der Waals surface area contributed by atoms with Gasteiger partial charge in [-0.1, -0.05) is 25.1 Å². The van der Waals surface area contributed by atoms with E-state index in [0.29, 0.717) is 0 Å². The molecule has 1 aromatic heterocycles. The molecule has 1 heterocycles. The molecule has 0 saturated heterocycles. The van der Waals surface area contributed by atoms with Crippen LogP contribution in [0.15, 0.2) is 9.72 Å². The fraction of sp³-hybridized carbons (Fsp3) is 0.769. The summed E-state index contributed by atoms with van der Waals surface area (Å²) in [4.78, 5) is 4.50. The largest absolute Gasteiger partial charge is 0.314 e. The van der Waals surface area contributed by atoms with Gasteiger partial charge < -0.3 is 5.32 Å². The molecule has 1 aliphatic rings. The van der Waals surface area contributed by atoms with Crippen LogP contribution >= 0.6 is 23.1 Å². The lowest BCUT2D eigenvalue weighted by molar-refractivity contribution is 0.400. The van der Waals surface area contributed by atoms with Crippen LogP contribution in [0, 0.1) is 12.8 Å². The molecule has 2 atom stereocenters. The van der Waals surface area contributed by atoms with Gasteiger partial charge in [0.1, 0.15) is 4.34 Å². The van der Waals surface area contributed by atoms with Gasteiger partial charge >= 0.3 is 0 Å².